The minimum Gasteiger partial charge on any atom is -0.481 e. The SMILES string of the molecule is CCCCC(C)CCCC(=O)[C@H]1[C@@H]2C=C(CCSCC(=O)O)C[C@@H]2C[C@@H]1O. The maximum Gasteiger partial charge on any atom is 0.313 e. The lowest BCUT2D eigenvalue weighted by molar-refractivity contribution is -0.134. The van der Waals surface area contributed by atoms with Crippen LogP contribution < -0.4 is 0 Å². The maximum atomic E-state index is 12.8. The molecule has 5 atom stereocenters. The number of ketones is 1. The van der Waals surface area contributed by atoms with Crippen LogP contribution in [0.25, 0.3) is 0 Å². The predicted octanol–water partition coefficient (Wildman–Crippen LogP) is 4.70. The monoisotopic (exact) mass is 396 g/mol. The summed E-state index contributed by atoms with van der Waals surface area (Å²) in [6.07, 6.45) is 10.7. The Bertz CT molecular complexity index is 530. The third-order valence-electron chi connectivity index (χ3n) is 6.21. The quantitative estimate of drug-likeness (QED) is 0.348. The minimum absolute atomic E-state index is 0.149. The number of hydrogen-bond donors (Lipinski definition) is 2. The molecule has 1 unspecified atom stereocenters. The van der Waals surface area contributed by atoms with Gasteiger partial charge < -0.3 is 10.2 Å². The number of aliphatic hydroxyl groups excluding tert-OH is 1. The molecule has 154 valence electrons. The second-order valence-electron chi connectivity index (χ2n) is 8.50. The van der Waals surface area contributed by atoms with Crippen molar-refractivity contribution in [3.8, 4) is 0 Å². The number of allylic oxidation sites excluding steroid dienone is 2. The number of carboxylic acid groups (broad SMARTS) is 1. The molecular formula is C22H36O4S. The molecule has 2 aliphatic carbocycles. The molecule has 0 aliphatic heterocycles. The van der Waals surface area contributed by atoms with Crippen molar-refractivity contribution >= 4 is 23.5 Å². The summed E-state index contributed by atoms with van der Waals surface area (Å²) in [5.41, 5.74) is 1.35. The summed E-state index contributed by atoms with van der Waals surface area (Å²) in [5.74, 6) is 1.50. The molecule has 1 saturated carbocycles. The molecule has 1 fully saturated rings. The molecule has 0 aromatic carbocycles. The number of thioether (sulfide) groups is 1. The molecule has 27 heavy (non-hydrogen) atoms. The number of aliphatic carboxylic acids is 1. The van der Waals surface area contributed by atoms with Crippen molar-refractivity contribution in [3.05, 3.63) is 11.6 Å². The lowest BCUT2D eigenvalue weighted by Gasteiger charge is -2.19. The fourth-order valence-corrected chi connectivity index (χ4v) is 5.49. The van der Waals surface area contributed by atoms with E-state index in [0.29, 0.717) is 18.3 Å². The van der Waals surface area contributed by atoms with Crippen LogP contribution in [0, 0.1) is 23.7 Å². The van der Waals surface area contributed by atoms with Gasteiger partial charge in [-0.3, -0.25) is 9.59 Å². The molecule has 4 nitrogen and oxygen atoms in total. The van der Waals surface area contributed by atoms with E-state index in [1.165, 1.54) is 36.6 Å². The first-order valence-corrected chi connectivity index (χ1v) is 11.8. The first-order chi connectivity index (χ1) is 12.9. The van der Waals surface area contributed by atoms with E-state index in [-0.39, 0.29) is 23.4 Å². The van der Waals surface area contributed by atoms with E-state index in [1.54, 1.807) is 0 Å². The van der Waals surface area contributed by atoms with Gasteiger partial charge in [0.15, 0.2) is 0 Å². The van der Waals surface area contributed by atoms with Crippen LogP contribution in [0.4, 0.5) is 0 Å². The smallest absolute Gasteiger partial charge is 0.313 e. The third-order valence-corrected chi connectivity index (χ3v) is 7.15. The zero-order valence-corrected chi connectivity index (χ0v) is 17.7. The number of hydrogen-bond acceptors (Lipinski definition) is 4. The van der Waals surface area contributed by atoms with Crippen molar-refractivity contribution in [2.45, 2.75) is 77.7 Å². The molecule has 0 radical (unpaired) electrons. The van der Waals surface area contributed by atoms with Crippen LogP contribution in [0.1, 0.15) is 71.6 Å². The summed E-state index contributed by atoms with van der Waals surface area (Å²) >= 11 is 1.45. The van der Waals surface area contributed by atoms with Gasteiger partial charge in [0.1, 0.15) is 5.78 Å². The van der Waals surface area contributed by atoms with Crippen LogP contribution in [0.5, 0.6) is 0 Å². The Labute approximate surface area is 168 Å². The number of fused-ring (bicyclic) bond motifs is 1. The number of carboxylic acids is 1. The number of rotatable bonds is 13. The summed E-state index contributed by atoms with van der Waals surface area (Å²) in [5, 5.41) is 19.1. The maximum absolute atomic E-state index is 12.8. The average Bonchev–Trinajstić information content (AvgIpc) is 3.12. The molecule has 2 rings (SSSR count). The second kappa shape index (κ2) is 11.3. The van der Waals surface area contributed by atoms with Gasteiger partial charge >= 0.3 is 5.97 Å². The second-order valence-corrected chi connectivity index (χ2v) is 9.60. The molecule has 0 bridgehead atoms. The summed E-state index contributed by atoms with van der Waals surface area (Å²) in [7, 11) is 0. The Hall–Kier alpha value is -0.810. The van der Waals surface area contributed by atoms with Crippen molar-refractivity contribution in [3.63, 3.8) is 0 Å². The van der Waals surface area contributed by atoms with Crippen molar-refractivity contribution < 1.29 is 19.8 Å². The van der Waals surface area contributed by atoms with Gasteiger partial charge in [0, 0.05) is 6.42 Å². The van der Waals surface area contributed by atoms with Crippen molar-refractivity contribution in [2.24, 2.45) is 23.7 Å². The molecule has 2 N–H and O–H groups in total. The summed E-state index contributed by atoms with van der Waals surface area (Å²) in [6, 6.07) is 0. The molecule has 0 aromatic rings. The van der Waals surface area contributed by atoms with E-state index in [0.717, 1.165) is 37.9 Å². The normalized spacial score (nSPS) is 28.0. The first-order valence-electron chi connectivity index (χ1n) is 10.6. The minimum atomic E-state index is -0.768. The van der Waals surface area contributed by atoms with Crippen LogP contribution in [0.15, 0.2) is 11.6 Å². The summed E-state index contributed by atoms with van der Waals surface area (Å²) in [6.45, 7) is 4.48. The zero-order valence-electron chi connectivity index (χ0n) is 16.9. The predicted molar refractivity (Wildman–Crippen MR) is 111 cm³/mol. The number of Topliss-reactive ketones (excluding diaryl/α,β-unsaturated/α-hetero) is 1. The number of carbonyl (C=O) groups excluding carboxylic acids is 1. The third kappa shape index (κ3) is 6.94. The number of aliphatic hydroxyl groups is 1. The first kappa shape index (κ1) is 22.5. The lowest BCUT2D eigenvalue weighted by Crippen LogP contribution is -2.27. The van der Waals surface area contributed by atoms with Gasteiger partial charge in [0.05, 0.1) is 17.8 Å². The van der Waals surface area contributed by atoms with Gasteiger partial charge in [0.2, 0.25) is 0 Å². The Morgan fingerprint density at radius 2 is 2.04 bits per heavy atom. The molecule has 0 spiro atoms. The average molecular weight is 397 g/mol. The molecule has 0 aromatic heterocycles. The van der Waals surface area contributed by atoms with Gasteiger partial charge in [-0.05, 0) is 49.2 Å². The number of unbranched alkanes of at least 4 members (excludes halogenated alkanes) is 1. The van der Waals surface area contributed by atoms with E-state index in [9.17, 15) is 14.7 Å². The van der Waals surface area contributed by atoms with E-state index < -0.39 is 12.1 Å². The van der Waals surface area contributed by atoms with Crippen molar-refractivity contribution in [1.82, 2.24) is 0 Å². The molecule has 0 heterocycles. The Kier molecular flexibility index (Phi) is 9.37. The largest absolute Gasteiger partial charge is 0.481 e. The zero-order chi connectivity index (χ0) is 19.8. The van der Waals surface area contributed by atoms with Gasteiger partial charge in [-0.1, -0.05) is 51.2 Å². The summed E-state index contributed by atoms with van der Waals surface area (Å²) in [4.78, 5) is 23.4. The van der Waals surface area contributed by atoms with E-state index >= 15 is 0 Å². The van der Waals surface area contributed by atoms with Crippen LogP contribution >= 0.6 is 11.8 Å². The van der Waals surface area contributed by atoms with Gasteiger partial charge in [-0.15, -0.1) is 11.8 Å². The molecule has 0 amide bonds. The van der Waals surface area contributed by atoms with E-state index in [2.05, 4.69) is 19.9 Å². The van der Waals surface area contributed by atoms with Crippen molar-refractivity contribution in [2.75, 3.05) is 11.5 Å². The highest BCUT2D eigenvalue weighted by Crippen LogP contribution is 2.48. The lowest BCUT2D eigenvalue weighted by atomic mass is 9.86. The van der Waals surface area contributed by atoms with Crippen LogP contribution in [-0.2, 0) is 9.59 Å². The van der Waals surface area contributed by atoms with Gasteiger partial charge in [-0.2, -0.15) is 0 Å². The van der Waals surface area contributed by atoms with E-state index in [1.807, 2.05) is 0 Å². The number of carbonyl (C=O) groups is 2. The highest BCUT2D eigenvalue weighted by atomic mass is 32.2. The topological polar surface area (TPSA) is 74.6 Å². The van der Waals surface area contributed by atoms with Crippen molar-refractivity contribution in [1.29, 1.82) is 0 Å². The van der Waals surface area contributed by atoms with E-state index in [4.69, 9.17) is 5.11 Å². The fourth-order valence-electron chi connectivity index (χ4n) is 4.77. The highest BCUT2D eigenvalue weighted by Gasteiger charge is 2.47. The van der Waals surface area contributed by atoms with Crippen LogP contribution in [0.3, 0.4) is 0 Å². The standard InChI is InChI=1S/C22H36O4S/c1-3-4-6-15(2)7-5-8-19(23)22-18-12-16(9-10-27-14-21(25)26)11-17(18)13-20(22)24/h12,15,17-18,20,22,24H,3-11,13-14H2,1-2H3,(H,25,26)/t15?,17-,18-,20+,22-/m1/s1. The molecule has 2 aliphatic rings. The Balaban J connectivity index is 1.78. The summed E-state index contributed by atoms with van der Waals surface area (Å²) < 4.78 is 0. The highest BCUT2D eigenvalue weighted by molar-refractivity contribution is 7.99. The molecule has 0 saturated heterocycles. The van der Waals surface area contributed by atoms with Gasteiger partial charge in [-0.25, -0.2) is 0 Å². The van der Waals surface area contributed by atoms with Crippen LogP contribution in [0.2, 0.25) is 0 Å². The fraction of sp³-hybridized carbons (Fsp3) is 0.818. The Morgan fingerprint density at radius 1 is 1.30 bits per heavy atom. The Morgan fingerprint density at radius 3 is 2.74 bits per heavy atom. The van der Waals surface area contributed by atoms with Gasteiger partial charge in [0.25, 0.3) is 0 Å². The molecule has 5 heteroatoms. The molecular weight excluding hydrogens is 360 g/mol. The van der Waals surface area contributed by atoms with Crippen LogP contribution in [-0.4, -0.2) is 39.6 Å².